The lowest BCUT2D eigenvalue weighted by Crippen LogP contribution is -2.28. The molecule has 1 amide bonds. The Labute approximate surface area is 161 Å². The fourth-order valence-corrected chi connectivity index (χ4v) is 3.24. The van der Waals surface area contributed by atoms with Gasteiger partial charge in [0.2, 0.25) is 0 Å². The zero-order valence-corrected chi connectivity index (χ0v) is 15.6. The van der Waals surface area contributed by atoms with Gasteiger partial charge in [0.15, 0.2) is 0 Å². The number of nitrogens with one attached hydrogen (secondary N) is 1. The van der Waals surface area contributed by atoms with Crippen molar-refractivity contribution in [2.24, 2.45) is 0 Å². The maximum atomic E-state index is 12.7. The van der Waals surface area contributed by atoms with Gasteiger partial charge >= 0.3 is 0 Å². The molecule has 1 atom stereocenters. The number of aliphatic hydroxyl groups is 1. The summed E-state index contributed by atoms with van der Waals surface area (Å²) in [4.78, 5) is 12.7. The molecule has 1 fully saturated rings. The van der Waals surface area contributed by atoms with E-state index in [1.165, 1.54) is 6.26 Å². The minimum absolute atomic E-state index is 0.0675. The van der Waals surface area contributed by atoms with Crippen LogP contribution in [0.3, 0.4) is 0 Å². The number of furan rings is 1. The van der Waals surface area contributed by atoms with Gasteiger partial charge in [0.05, 0.1) is 35.9 Å². The molecule has 6 nitrogen and oxygen atoms in total. The number of carbonyl (C=O) groups is 1. The largest absolute Gasteiger partial charge is 0.467 e. The van der Waals surface area contributed by atoms with Gasteiger partial charge in [0.1, 0.15) is 11.9 Å². The third-order valence-electron chi connectivity index (χ3n) is 4.74. The van der Waals surface area contributed by atoms with E-state index in [0.29, 0.717) is 22.3 Å². The second-order valence-corrected chi connectivity index (χ2v) is 7.21. The summed E-state index contributed by atoms with van der Waals surface area (Å²) in [5.74, 6) is 0.470. The molecular weight excluding hydrogens is 366 g/mol. The van der Waals surface area contributed by atoms with Gasteiger partial charge in [0.25, 0.3) is 5.91 Å². The van der Waals surface area contributed by atoms with Crippen molar-refractivity contribution in [3.05, 3.63) is 70.4 Å². The van der Waals surface area contributed by atoms with E-state index in [1.807, 2.05) is 25.1 Å². The van der Waals surface area contributed by atoms with Crippen molar-refractivity contribution in [1.82, 2.24) is 15.1 Å². The summed E-state index contributed by atoms with van der Waals surface area (Å²) in [6.45, 7) is 2.01. The van der Waals surface area contributed by atoms with E-state index in [-0.39, 0.29) is 12.5 Å². The van der Waals surface area contributed by atoms with Crippen LogP contribution in [-0.2, 0) is 0 Å². The molecule has 0 spiro atoms. The van der Waals surface area contributed by atoms with Gasteiger partial charge in [-0.2, -0.15) is 5.10 Å². The number of nitrogens with zero attached hydrogens (tertiary/aromatic N) is 2. The Bertz CT molecular complexity index is 961. The Hall–Kier alpha value is -2.57. The minimum atomic E-state index is -0.890. The number of halogens is 1. The standard InChI is InChI=1S/C20H20ClN3O3/c1-12-4-7-14(9-16(12)21)24-19(13-5-6-13)15(10-23-24)20(26)22-11-17(25)18-3-2-8-27-18/h2-4,7-10,13,17,25H,5-6,11H2,1H3,(H,22,26). The quantitative estimate of drug-likeness (QED) is 0.676. The lowest BCUT2D eigenvalue weighted by molar-refractivity contribution is 0.0900. The molecule has 7 heteroatoms. The topological polar surface area (TPSA) is 80.3 Å². The van der Waals surface area contributed by atoms with Gasteiger partial charge in [-0.3, -0.25) is 4.79 Å². The number of aryl methyl sites for hydroxylation is 1. The molecule has 1 aliphatic rings. The van der Waals surface area contributed by atoms with Crippen molar-refractivity contribution < 1.29 is 14.3 Å². The van der Waals surface area contributed by atoms with E-state index in [9.17, 15) is 9.90 Å². The highest BCUT2D eigenvalue weighted by Crippen LogP contribution is 2.42. The fraction of sp³-hybridized carbons (Fsp3) is 0.300. The summed E-state index contributed by atoms with van der Waals surface area (Å²) >= 11 is 6.26. The van der Waals surface area contributed by atoms with Crippen molar-refractivity contribution in [2.75, 3.05) is 6.54 Å². The summed E-state index contributed by atoms with van der Waals surface area (Å²) < 4.78 is 6.95. The number of aromatic nitrogens is 2. The second kappa shape index (κ2) is 7.21. The van der Waals surface area contributed by atoms with Crippen molar-refractivity contribution in [1.29, 1.82) is 0 Å². The number of benzene rings is 1. The normalized spacial score (nSPS) is 14.9. The molecule has 27 heavy (non-hydrogen) atoms. The van der Waals surface area contributed by atoms with E-state index >= 15 is 0 Å². The molecule has 3 aromatic rings. The first-order valence-corrected chi connectivity index (χ1v) is 9.26. The average molecular weight is 386 g/mol. The van der Waals surface area contributed by atoms with Gasteiger partial charge in [-0.1, -0.05) is 17.7 Å². The smallest absolute Gasteiger partial charge is 0.254 e. The van der Waals surface area contributed by atoms with Crippen LogP contribution in [0.15, 0.2) is 47.2 Å². The first-order chi connectivity index (χ1) is 13.0. The van der Waals surface area contributed by atoms with Gasteiger partial charge < -0.3 is 14.8 Å². The second-order valence-electron chi connectivity index (χ2n) is 6.80. The number of hydrogen-bond acceptors (Lipinski definition) is 4. The summed E-state index contributed by atoms with van der Waals surface area (Å²) in [5.41, 5.74) is 3.24. The van der Waals surface area contributed by atoms with E-state index in [2.05, 4.69) is 10.4 Å². The van der Waals surface area contributed by atoms with Crippen LogP contribution in [-0.4, -0.2) is 27.3 Å². The Morgan fingerprint density at radius 2 is 2.26 bits per heavy atom. The van der Waals surface area contributed by atoms with Crippen LogP contribution in [0.25, 0.3) is 5.69 Å². The SMILES string of the molecule is Cc1ccc(-n2ncc(C(=O)NCC(O)c3ccco3)c2C2CC2)cc1Cl. The molecule has 1 saturated carbocycles. The zero-order chi connectivity index (χ0) is 19.0. The third kappa shape index (κ3) is 3.63. The van der Waals surface area contributed by atoms with Crippen LogP contribution in [0, 0.1) is 6.92 Å². The summed E-state index contributed by atoms with van der Waals surface area (Å²) in [6, 6.07) is 9.12. The molecule has 1 aliphatic carbocycles. The molecule has 0 bridgehead atoms. The van der Waals surface area contributed by atoms with Crippen molar-refractivity contribution in [3.8, 4) is 5.69 Å². The zero-order valence-electron chi connectivity index (χ0n) is 14.9. The summed E-state index contributed by atoms with van der Waals surface area (Å²) in [6.07, 6.45) is 4.23. The van der Waals surface area contributed by atoms with Crippen LogP contribution in [0.1, 0.15) is 52.2 Å². The van der Waals surface area contributed by atoms with Crippen molar-refractivity contribution >= 4 is 17.5 Å². The van der Waals surface area contributed by atoms with Gasteiger partial charge in [-0.25, -0.2) is 4.68 Å². The monoisotopic (exact) mass is 385 g/mol. The summed E-state index contributed by atoms with van der Waals surface area (Å²) in [7, 11) is 0. The predicted octanol–water partition coefficient (Wildman–Crippen LogP) is 3.77. The van der Waals surface area contributed by atoms with Gasteiger partial charge in [-0.05, 0) is 49.6 Å². The van der Waals surface area contributed by atoms with Crippen LogP contribution in [0.2, 0.25) is 5.02 Å². The molecule has 4 rings (SSSR count). The highest BCUT2D eigenvalue weighted by atomic mass is 35.5. The third-order valence-corrected chi connectivity index (χ3v) is 5.15. The molecule has 1 aromatic carbocycles. The maximum Gasteiger partial charge on any atom is 0.254 e. The van der Waals surface area contributed by atoms with Crippen LogP contribution < -0.4 is 5.32 Å². The molecule has 2 heterocycles. The summed E-state index contributed by atoms with van der Waals surface area (Å²) in [5, 5.41) is 18.0. The molecular formula is C20H20ClN3O3. The molecule has 2 aromatic heterocycles. The Morgan fingerprint density at radius 1 is 1.44 bits per heavy atom. The number of amides is 1. The highest BCUT2D eigenvalue weighted by molar-refractivity contribution is 6.31. The lowest BCUT2D eigenvalue weighted by Gasteiger charge is -2.12. The number of hydrogen-bond donors (Lipinski definition) is 2. The minimum Gasteiger partial charge on any atom is -0.467 e. The fourth-order valence-electron chi connectivity index (χ4n) is 3.07. The Morgan fingerprint density at radius 3 is 2.93 bits per heavy atom. The Balaban J connectivity index is 1.57. The molecule has 0 aliphatic heterocycles. The van der Waals surface area contributed by atoms with Crippen LogP contribution >= 0.6 is 11.6 Å². The van der Waals surface area contributed by atoms with Crippen LogP contribution in [0.5, 0.6) is 0 Å². The van der Waals surface area contributed by atoms with E-state index in [0.717, 1.165) is 29.8 Å². The predicted molar refractivity (Wildman–Crippen MR) is 101 cm³/mol. The molecule has 0 radical (unpaired) electrons. The van der Waals surface area contributed by atoms with Gasteiger partial charge in [0, 0.05) is 10.9 Å². The van der Waals surface area contributed by atoms with Crippen molar-refractivity contribution in [3.63, 3.8) is 0 Å². The lowest BCUT2D eigenvalue weighted by atomic mass is 10.1. The molecule has 2 N–H and O–H groups in total. The van der Waals surface area contributed by atoms with E-state index < -0.39 is 6.10 Å². The first-order valence-electron chi connectivity index (χ1n) is 8.88. The number of carbonyl (C=O) groups excluding carboxylic acids is 1. The average Bonchev–Trinajstić information content (AvgIpc) is 3.18. The van der Waals surface area contributed by atoms with E-state index in [4.69, 9.17) is 16.0 Å². The number of rotatable bonds is 6. The highest BCUT2D eigenvalue weighted by Gasteiger charge is 2.33. The molecule has 140 valence electrons. The molecule has 0 saturated heterocycles. The van der Waals surface area contributed by atoms with Gasteiger partial charge in [-0.15, -0.1) is 0 Å². The molecule has 1 unspecified atom stereocenters. The Kier molecular flexibility index (Phi) is 4.76. The number of aliphatic hydroxyl groups excluding tert-OH is 1. The van der Waals surface area contributed by atoms with E-state index in [1.54, 1.807) is 23.0 Å². The van der Waals surface area contributed by atoms with Crippen LogP contribution in [0.4, 0.5) is 0 Å². The first kappa shape index (κ1) is 17.8. The van der Waals surface area contributed by atoms with Crippen molar-refractivity contribution in [2.45, 2.75) is 31.8 Å². The maximum absolute atomic E-state index is 12.7.